The molecule has 0 saturated heterocycles. The van der Waals surface area contributed by atoms with Gasteiger partial charge in [-0.05, 0) is 0 Å². The molecule has 5 heavy (non-hydrogen) atoms. The number of hydrogen-bond donors (Lipinski definition) is 0. The van der Waals surface area contributed by atoms with Crippen molar-refractivity contribution in [2.75, 3.05) is 6.26 Å². The van der Waals surface area contributed by atoms with Crippen LogP contribution in [0.3, 0.4) is 0 Å². The quantitative estimate of drug-likeness (QED) is 0.423. The van der Waals surface area contributed by atoms with Crippen LogP contribution in [0.1, 0.15) is 0 Å². The zero-order chi connectivity index (χ0) is 4.50. The summed E-state index contributed by atoms with van der Waals surface area (Å²) in [6.07, 6.45) is 1.33. The van der Waals surface area contributed by atoms with Crippen LogP contribution in [0.5, 0.6) is 0 Å². The summed E-state index contributed by atoms with van der Waals surface area (Å²) in [5.74, 6) is 0. The van der Waals surface area contributed by atoms with Crippen molar-refractivity contribution in [1.29, 1.82) is 0 Å². The fourth-order valence-corrected chi connectivity index (χ4v) is 0. The Balaban J connectivity index is 4.06. The van der Waals surface area contributed by atoms with Crippen LogP contribution in [0.15, 0.2) is 0 Å². The van der Waals surface area contributed by atoms with Gasteiger partial charge in [-0.15, -0.1) is 0 Å². The average Bonchev–Trinajstić information content (AvgIpc) is 0.722. The number of rotatable bonds is 0. The van der Waals surface area contributed by atoms with E-state index in [1.807, 2.05) is 0 Å². The van der Waals surface area contributed by atoms with Crippen LogP contribution in [-0.4, -0.2) is 24.8 Å². The van der Waals surface area contributed by atoms with Crippen molar-refractivity contribution in [2.45, 2.75) is 0 Å². The molecule has 0 heterocycles. The third kappa shape index (κ3) is 80.8. The van der Waals surface area contributed by atoms with Crippen LogP contribution in [0.4, 0.5) is 0 Å². The minimum atomic E-state index is -2.29. The first-order valence-corrected chi connectivity index (χ1v) is 4.94. The maximum absolute atomic E-state index is 9.80. The summed E-state index contributed by atoms with van der Waals surface area (Å²) in [6, 6.07) is 0. The molecule has 0 aliphatic carbocycles. The molecule has 0 saturated carbocycles. The summed E-state index contributed by atoms with van der Waals surface area (Å²) >= 11 is 2.17. The second-order valence-electron chi connectivity index (χ2n) is 0.772. The third-order valence-electron chi connectivity index (χ3n) is 0. The molecule has 0 fully saturated rings. The van der Waals surface area contributed by atoms with E-state index in [4.69, 9.17) is 5.14 Å². The molecule has 0 bridgehead atoms. The predicted molar refractivity (Wildman–Crippen MR) is 22.9 cm³/mol. The normalized spacial score (nSPS) is 21.2. The first kappa shape index (κ1) is 5.63. The van der Waals surface area contributed by atoms with Gasteiger partial charge in [-0.3, -0.25) is 0 Å². The number of nitrogens with one attached hydrogen (secondary N) is 1. The Morgan fingerprint density at radius 1 is 2.00 bits per heavy atom. The van der Waals surface area contributed by atoms with E-state index in [2.05, 4.69) is 14.4 Å². The zero-order valence-corrected chi connectivity index (χ0v) is 5.25. The standard InChI is InChI=1S/CH4NOSSe/c1-4(2,3)5/h2H,1H3. The van der Waals surface area contributed by atoms with Gasteiger partial charge in [-0.1, -0.05) is 0 Å². The molecule has 1 N–H and O–H groups in total. The van der Waals surface area contributed by atoms with Crippen molar-refractivity contribution in [3.8, 4) is 0 Å². The maximum atomic E-state index is 9.80. The molecule has 0 aromatic carbocycles. The first-order chi connectivity index (χ1) is 2.00. The van der Waals surface area contributed by atoms with E-state index < -0.39 is 8.04 Å². The van der Waals surface area contributed by atoms with Crippen molar-refractivity contribution >= 4 is 22.4 Å². The van der Waals surface area contributed by atoms with Gasteiger partial charge in [0.15, 0.2) is 0 Å². The molecule has 1 radical (unpaired) electrons. The predicted octanol–water partition coefficient (Wildman–Crippen LogP) is -0.818. The van der Waals surface area contributed by atoms with Crippen LogP contribution in [0, 0.1) is 0 Å². The van der Waals surface area contributed by atoms with Gasteiger partial charge in [-0.25, -0.2) is 0 Å². The van der Waals surface area contributed by atoms with Crippen molar-refractivity contribution in [2.24, 2.45) is 0 Å². The molecular weight excluding hydrogens is 153 g/mol. The van der Waals surface area contributed by atoms with Crippen molar-refractivity contribution in [1.82, 2.24) is 5.14 Å². The molecule has 1 unspecified atom stereocenters. The molecule has 0 aliphatic rings. The Morgan fingerprint density at radius 3 is 2.00 bits per heavy atom. The van der Waals surface area contributed by atoms with Crippen molar-refractivity contribution in [3.63, 3.8) is 0 Å². The molecule has 0 aromatic heterocycles. The van der Waals surface area contributed by atoms with E-state index >= 15 is 0 Å². The zero-order valence-electron chi connectivity index (χ0n) is 2.72. The average molecular weight is 157 g/mol. The fraction of sp³-hybridized carbons (Fsp3) is 1.00. The van der Waals surface area contributed by atoms with Crippen molar-refractivity contribution in [3.05, 3.63) is 0 Å². The topological polar surface area (TPSA) is 40.9 Å². The van der Waals surface area contributed by atoms with Crippen LogP contribution >= 0.6 is 0 Å². The third-order valence-corrected chi connectivity index (χ3v) is 0. The summed E-state index contributed by atoms with van der Waals surface area (Å²) in [7, 11) is -2.29. The molecule has 0 aliphatic heterocycles. The van der Waals surface area contributed by atoms with E-state index in [9.17, 15) is 4.21 Å². The van der Waals surface area contributed by atoms with Crippen LogP contribution in [0.2, 0.25) is 0 Å². The van der Waals surface area contributed by atoms with Gasteiger partial charge in [0.2, 0.25) is 0 Å². The van der Waals surface area contributed by atoms with E-state index in [1.165, 1.54) is 6.26 Å². The Morgan fingerprint density at radius 2 is 2.00 bits per heavy atom. The second kappa shape index (κ2) is 1.39. The molecule has 0 spiro atoms. The summed E-state index contributed by atoms with van der Waals surface area (Å²) in [5, 5.41) is 6.41. The van der Waals surface area contributed by atoms with Crippen LogP contribution in [-0.2, 0) is 8.04 Å². The van der Waals surface area contributed by atoms with E-state index in [0.717, 1.165) is 0 Å². The van der Waals surface area contributed by atoms with Gasteiger partial charge in [-0.2, -0.15) is 0 Å². The molecule has 4 heteroatoms. The Hall–Kier alpha value is 0.629. The van der Waals surface area contributed by atoms with E-state index in [0.29, 0.717) is 0 Å². The van der Waals surface area contributed by atoms with Gasteiger partial charge in [0.1, 0.15) is 0 Å². The molecular formula is CH4NOSSe. The molecule has 2 nitrogen and oxygen atoms in total. The Bertz CT molecular complexity index is 94.8. The summed E-state index contributed by atoms with van der Waals surface area (Å²) in [5.41, 5.74) is 0. The molecule has 0 amide bonds. The minimum absolute atomic E-state index is 1.33. The van der Waals surface area contributed by atoms with Crippen LogP contribution in [0.25, 0.3) is 0 Å². The van der Waals surface area contributed by atoms with E-state index in [1.54, 1.807) is 0 Å². The van der Waals surface area contributed by atoms with Gasteiger partial charge >= 0.3 is 38.0 Å². The van der Waals surface area contributed by atoms with Crippen molar-refractivity contribution < 1.29 is 4.21 Å². The van der Waals surface area contributed by atoms with E-state index in [-0.39, 0.29) is 0 Å². The number of hydrogen-bond acceptors (Lipinski definition) is 1. The van der Waals surface area contributed by atoms with Gasteiger partial charge in [0.05, 0.1) is 0 Å². The monoisotopic (exact) mass is 158 g/mol. The second-order valence-corrected chi connectivity index (χ2v) is 6.32. The Kier molecular flexibility index (Phi) is 1.56. The Labute approximate surface area is 38.6 Å². The van der Waals surface area contributed by atoms with Gasteiger partial charge in [0.25, 0.3) is 0 Å². The summed E-state index contributed by atoms with van der Waals surface area (Å²) in [4.78, 5) is 0. The van der Waals surface area contributed by atoms with Gasteiger partial charge in [0, 0.05) is 0 Å². The molecule has 0 aromatic rings. The summed E-state index contributed by atoms with van der Waals surface area (Å²) in [6.45, 7) is 0. The SMILES string of the molecule is CS([NH])(=O)=[Se]. The molecule has 0 rings (SSSR count). The van der Waals surface area contributed by atoms with Gasteiger partial charge < -0.3 is 0 Å². The summed E-state index contributed by atoms with van der Waals surface area (Å²) < 4.78 is 9.80. The molecule has 1 atom stereocenters. The fourth-order valence-electron chi connectivity index (χ4n) is 0. The first-order valence-electron chi connectivity index (χ1n) is 0.946. The van der Waals surface area contributed by atoms with Crippen LogP contribution < -0.4 is 5.14 Å². The molecule has 31 valence electrons.